The minimum absolute atomic E-state index is 0.296. The predicted molar refractivity (Wildman–Crippen MR) is 97.9 cm³/mol. The second-order valence-corrected chi connectivity index (χ2v) is 6.33. The number of rotatable bonds is 7. The van der Waals surface area contributed by atoms with Crippen LogP contribution in [0.3, 0.4) is 0 Å². The van der Waals surface area contributed by atoms with E-state index in [9.17, 15) is 4.79 Å². The summed E-state index contributed by atoms with van der Waals surface area (Å²) in [7, 11) is 1.63. The summed E-state index contributed by atoms with van der Waals surface area (Å²) >= 11 is 1.46. The molecule has 3 rings (SSSR count). The first-order valence-electron chi connectivity index (χ1n) is 7.75. The number of ether oxygens (including phenoxy) is 1. The van der Waals surface area contributed by atoms with Crippen LogP contribution in [-0.2, 0) is 4.79 Å². The third-order valence-corrected chi connectivity index (χ3v) is 4.51. The van der Waals surface area contributed by atoms with Crippen LogP contribution in [0.4, 0.5) is 0 Å². The van der Waals surface area contributed by atoms with Crippen molar-refractivity contribution in [3.05, 3.63) is 54.6 Å². The van der Waals surface area contributed by atoms with Crippen molar-refractivity contribution in [3.8, 4) is 22.8 Å². The van der Waals surface area contributed by atoms with Crippen LogP contribution in [0.5, 0.6) is 5.75 Å². The van der Waals surface area contributed by atoms with Crippen LogP contribution in [0.25, 0.3) is 17.1 Å². The summed E-state index contributed by atoms with van der Waals surface area (Å²) in [5, 5.41) is 9.37. The Balaban J connectivity index is 1.99. The van der Waals surface area contributed by atoms with Gasteiger partial charge in [-0.25, -0.2) is 0 Å². The summed E-state index contributed by atoms with van der Waals surface area (Å²) in [5.74, 6) is 1.75. The minimum Gasteiger partial charge on any atom is -0.497 e. The topological polar surface area (TPSA) is 83.0 Å². The van der Waals surface area contributed by atoms with Crippen molar-refractivity contribution in [2.45, 2.75) is 11.6 Å². The normalized spacial score (nSPS) is 10.6. The average molecular weight is 354 g/mol. The van der Waals surface area contributed by atoms with Crippen LogP contribution in [-0.4, -0.2) is 33.5 Å². The van der Waals surface area contributed by atoms with Crippen LogP contribution in [0.15, 0.2) is 59.8 Å². The molecule has 0 spiro atoms. The van der Waals surface area contributed by atoms with Crippen molar-refractivity contribution >= 4 is 17.7 Å². The third kappa shape index (κ3) is 4.00. The molecule has 7 heteroatoms. The van der Waals surface area contributed by atoms with Gasteiger partial charge in [0.1, 0.15) is 5.75 Å². The van der Waals surface area contributed by atoms with Crippen LogP contribution in [0, 0.1) is 0 Å². The van der Waals surface area contributed by atoms with E-state index in [1.807, 2.05) is 59.2 Å². The molecule has 0 atom stereocenters. The number of primary amides is 1. The quantitative estimate of drug-likeness (QED) is 0.660. The Morgan fingerprint density at radius 1 is 1.12 bits per heavy atom. The van der Waals surface area contributed by atoms with Gasteiger partial charge in [-0.05, 0) is 36.4 Å². The molecular formula is C18H18N4O2S. The van der Waals surface area contributed by atoms with Crippen LogP contribution in [0.1, 0.15) is 6.42 Å². The smallest absolute Gasteiger partial charge is 0.218 e. The molecule has 128 valence electrons. The van der Waals surface area contributed by atoms with Gasteiger partial charge >= 0.3 is 0 Å². The fourth-order valence-corrected chi connectivity index (χ4v) is 3.25. The summed E-state index contributed by atoms with van der Waals surface area (Å²) in [6.07, 6.45) is 0.296. The zero-order valence-electron chi connectivity index (χ0n) is 13.8. The van der Waals surface area contributed by atoms with Crippen LogP contribution >= 0.6 is 11.8 Å². The first-order valence-corrected chi connectivity index (χ1v) is 8.74. The lowest BCUT2D eigenvalue weighted by atomic mass is 10.2. The van der Waals surface area contributed by atoms with E-state index in [-0.39, 0.29) is 5.91 Å². The van der Waals surface area contributed by atoms with Gasteiger partial charge in [-0.2, -0.15) is 0 Å². The number of hydrogen-bond acceptors (Lipinski definition) is 5. The maximum absolute atomic E-state index is 11.0. The van der Waals surface area contributed by atoms with Gasteiger partial charge in [0.05, 0.1) is 7.11 Å². The Morgan fingerprint density at radius 2 is 1.84 bits per heavy atom. The lowest BCUT2D eigenvalue weighted by Gasteiger charge is -2.10. The van der Waals surface area contributed by atoms with Gasteiger partial charge < -0.3 is 10.5 Å². The van der Waals surface area contributed by atoms with Crippen LogP contribution < -0.4 is 10.5 Å². The van der Waals surface area contributed by atoms with Gasteiger partial charge in [0.25, 0.3) is 0 Å². The molecule has 1 amide bonds. The Morgan fingerprint density at radius 3 is 2.48 bits per heavy atom. The summed E-state index contributed by atoms with van der Waals surface area (Å²) < 4.78 is 7.19. The Labute approximate surface area is 150 Å². The second-order valence-electron chi connectivity index (χ2n) is 5.27. The van der Waals surface area contributed by atoms with E-state index >= 15 is 0 Å². The number of nitrogens with two attached hydrogens (primary N) is 1. The molecule has 0 fully saturated rings. The monoisotopic (exact) mass is 354 g/mol. The van der Waals surface area contributed by atoms with E-state index in [1.165, 1.54) is 11.8 Å². The van der Waals surface area contributed by atoms with Gasteiger partial charge in [-0.15, -0.1) is 10.2 Å². The fourth-order valence-electron chi connectivity index (χ4n) is 2.34. The number of carbonyl (C=O) groups excluding carboxylic acids is 1. The molecule has 1 aromatic heterocycles. The molecule has 0 aliphatic rings. The molecule has 0 saturated carbocycles. The SMILES string of the molecule is COc1ccc(-c2nnc(SCCC(N)=O)n2-c2ccccc2)cc1. The number of hydrogen-bond donors (Lipinski definition) is 1. The Bertz CT molecular complexity index is 847. The van der Waals surface area contributed by atoms with E-state index in [2.05, 4.69) is 10.2 Å². The number of methoxy groups -OCH3 is 1. The standard InChI is InChI=1S/C18H18N4O2S/c1-24-15-9-7-13(8-10-15)17-20-21-18(25-12-11-16(19)23)22(17)14-5-3-2-4-6-14/h2-10H,11-12H2,1H3,(H2,19,23). The highest BCUT2D eigenvalue weighted by molar-refractivity contribution is 7.99. The number of thioether (sulfide) groups is 1. The molecule has 0 bridgehead atoms. The van der Waals surface area contributed by atoms with E-state index in [0.29, 0.717) is 12.2 Å². The van der Waals surface area contributed by atoms with Crippen molar-refractivity contribution in [2.24, 2.45) is 5.73 Å². The van der Waals surface area contributed by atoms with E-state index in [0.717, 1.165) is 28.0 Å². The summed E-state index contributed by atoms with van der Waals surface area (Å²) in [6.45, 7) is 0. The van der Waals surface area contributed by atoms with E-state index in [1.54, 1.807) is 7.11 Å². The molecule has 0 aliphatic carbocycles. The molecule has 3 aromatic rings. The minimum atomic E-state index is -0.325. The Hall–Kier alpha value is -2.80. The molecule has 0 unspecified atom stereocenters. The molecule has 2 aromatic carbocycles. The number of carbonyl (C=O) groups is 1. The van der Waals surface area contributed by atoms with Gasteiger partial charge in [-0.1, -0.05) is 30.0 Å². The predicted octanol–water partition coefficient (Wildman–Crippen LogP) is 2.91. The number of benzene rings is 2. The number of amides is 1. The summed E-state index contributed by atoms with van der Waals surface area (Å²) in [5.41, 5.74) is 7.11. The molecular weight excluding hydrogens is 336 g/mol. The van der Waals surface area contributed by atoms with E-state index < -0.39 is 0 Å². The number of nitrogens with zero attached hydrogens (tertiary/aromatic N) is 3. The molecule has 25 heavy (non-hydrogen) atoms. The maximum Gasteiger partial charge on any atom is 0.218 e. The van der Waals surface area contributed by atoms with E-state index in [4.69, 9.17) is 10.5 Å². The first kappa shape index (κ1) is 17.0. The number of aromatic nitrogens is 3. The molecule has 0 aliphatic heterocycles. The van der Waals surface area contributed by atoms with Crippen molar-refractivity contribution in [2.75, 3.05) is 12.9 Å². The lowest BCUT2D eigenvalue weighted by Crippen LogP contribution is -2.11. The molecule has 1 heterocycles. The third-order valence-electron chi connectivity index (χ3n) is 3.58. The van der Waals surface area contributed by atoms with Gasteiger partial charge in [0, 0.05) is 23.4 Å². The van der Waals surface area contributed by atoms with Crippen molar-refractivity contribution in [1.82, 2.24) is 14.8 Å². The van der Waals surface area contributed by atoms with Gasteiger partial charge in [-0.3, -0.25) is 9.36 Å². The number of para-hydroxylation sites is 1. The highest BCUT2D eigenvalue weighted by atomic mass is 32.2. The van der Waals surface area contributed by atoms with Gasteiger partial charge in [0.2, 0.25) is 5.91 Å². The van der Waals surface area contributed by atoms with Crippen LogP contribution in [0.2, 0.25) is 0 Å². The highest BCUT2D eigenvalue weighted by Gasteiger charge is 2.16. The lowest BCUT2D eigenvalue weighted by molar-refractivity contribution is -0.117. The highest BCUT2D eigenvalue weighted by Crippen LogP contribution is 2.29. The summed E-state index contributed by atoms with van der Waals surface area (Å²) in [4.78, 5) is 11.0. The zero-order valence-corrected chi connectivity index (χ0v) is 14.6. The van der Waals surface area contributed by atoms with Crippen molar-refractivity contribution in [3.63, 3.8) is 0 Å². The van der Waals surface area contributed by atoms with Crippen molar-refractivity contribution < 1.29 is 9.53 Å². The molecule has 0 saturated heterocycles. The zero-order chi connectivity index (χ0) is 17.6. The van der Waals surface area contributed by atoms with Gasteiger partial charge in [0.15, 0.2) is 11.0 Å². The first-order chi connectivity index (χ1) is 12.2. The maximum atomic E-state index is 11.0. The average Bonchev–Trinajstić information content (AvgIpc) is 3.06. The second kappa shape index (κ2) is 7.85. The Kier molecular flexibility index (Phi) is 5.35. The molecule has 2 N–H and O–H groups in total. The molecule has 0 radical (unpaired) electrons. The molecule has 6 nitrogen and oxygen atoms in total. The largest absolute Gasteiger partial charge is 0.497 e. The van der Waals surface area contributed by atoms with Crippen molar-refractivity contribution in [1.29, 1.82) is 0 Å². The summed E-state index contributed by atoms with van der Waals surface area (Å²) in [6, 6.07) is 17.5. The fraction of sp³-hybridized carbons (Fsp3) is 0.167.